The predicted octanol–water partition coefficient (Wildman–Crippen LogP) is 3.23. The largest absolute Gasteiger partial charge is 0.350 e. The zero-order valence-electron chi connectivity index (χ0n) is 11.9. The highest BCUT2D eigenvalue weighted by Gasteiger charge is 2.13. The molecular formula is C14H20ClNO3S. The molecule has 1 atom stereocenters. The SMILES string of the molecule is CC(C)CCC(=O)NC(C)c1ccc(S(=O)(=O)Cl)cc1. The van der Waals surface area contributed by atoms with Gasteiger partial charge in [-0.1, -0.05) is 26.0 Å². The molecule has 0 aromatic heterocycles. The standard InChI is InChI=1S/C14H20ClNO3S/c1-10(2)4-9-14(17)16-11(3)12-5-7-13(8-6-12)20(15,18)19/h5-8,10-11H,4,9H2,1-3H3,(H,16,17). The van der Waals surface area contributed by atoms with Gasteiger partial charge in [0.1, 0.15) is 0 Å². The minimum Gasteiger partial charge on any atom is -0.350 e. The normalized spacial score (nSPS) is 13.2. The molecule has 1 rings (SSSR count). The number of benzene rings is 1. The van der Waals surface area contributed by atoms with E-state index in [2.05, 4.69) is 19.2 Å². The fraction of sp³-hybridized carbons (Fsp3) is 0.500. The highest BCUT2D eigenvalue weighted by molar-refractivity contribution is 8.13. The first-order chi connectivity index (χ1) is 9.20. The summed E-state index contributed by atoms with van der Waals surface area (Å²) in [4.78, 5) is 11.8. The first-order valence-corrected chi connectivity index (χ1v) is 8.85. The molecule has 0 saturated carbocycles. The molecule has 0 aliphatic rings. The predicted molar refractivity (Wildman–Crippen MR) is 80.1 cm³/mol. The van der Waals surface area contributed by atoms with Gasteiger partial charge in [-0.15, -0.1) is 0 Å². The van der Waals surface area contributed by atoms with Crippen molar-refractivity contribution in [2.24, 2.45) is 5.92 Å². The Balaban J connectivity index is 2.64. The molecule has 6 heteroatoms. The van der Waals surface area contributed by atoms with E-state index in [0.29, 0.717) is 12.3 Å². The maximum Gasteiger partial charge on any atom is 0.261 e. The molecule has 4 nitrogen and oxygen atoms in total. The third-order valence-electron chi connectivity index (χ3n) is 2.99. The van der Waals surface area contributed by atoms with Crippen molar-refractivity contribution >= 4 is 25.6 Å². The third-order valence-corrected chi connectivity index (χ3v) is 4.36. The van der Waals surface area contributed by atoms with Crippen LogP contribution in [0.5, 0.6) is 0 Å². The highest BCUT2D eigenvalue weighted by Crippen LogP contribution is 2.19. The molecule has 0 saturated heterocycles. The Kier molecular flexibility index (Phi) is 6.02. The summed E-state index contributed by atoms with van der Waals surface area (Å²) < 4.78 is 22.3. The monoisotopic (exact) mass is 317 g/mol. The van der Waals surface area contributed by atoms with Crippen molar-refractivity contribution in [3.63, 3.8) is 0 Å². The van der Waals surface area contributed by atoms with Crippen LogP contribution in [0.25, 0.3) is 0 Å². The van der Waals surface area contributed by atoms with Crippen LogP contribution in [0.1, 0.15) is 45.2 Å². The lowest BCUT2D eigenvalue weighted by molar-refractivity contribution is -0.122. The number of carbonyl (C=O) groups excluding carboxylic acids is 1. The Morgan fingerprint density at radius 3 is 2.20 bits per heavy atom. The van der Waals surface area contributed by atoms with E-state index in [-0.39, 0.29) is 16.8 Å². The summed E-state index contributed by atoms with van der Waals surface area (Å²) in [6, 6.07) is 6.02. The van der Waals surface area contributed by atoms with Crippen LogP contribution in [0, 0.1) is 5.92 Å². The van der Waals surface area contributed by atoms with Gasteiger partial charge in [0.25, 0.3) is 9.05 Å². The van der Waals surface area contributed by atoms with Gasteiger partial charge in [-0.3, -0.25) is 4.79 Å². The molecule has 0 aliphatic heterocycles. The molecule has 0 spiro atoms. The number of hydrogen-bond donors (Lipinski definition) is 1. The maximum atomic E-state index is 11.7. The van der Waals surface area contributed by atoms with Crippen molar-refractivity contribution in [1.82, 2.24) is 5.32 Å². The molecule has 1 amide bonds. The fourth-order valence-corrected chi connectivity index (χ4v) is 2.51. The first kappa shape index (κ1) is 17.0. The summed E-state index contributed by atoms with van der Waals surface area (Å²) in [7, 11) is 1.55. The quantitative estimate of drug-likeness (QED) is 0.819. The van der Waals surface area contributed by atoms with E-state index >= 15 is 0 Å². The van der Waals surface area contributed by atoms with Gasteiger partial charge in [-0.25, -0.2) is 8.42 Å². The second-order valence-electron chi connectivity index (χ2n) is 5.23. The van der Waals surface area contributed by atoms with E-state index in [4.69, 9.17) is 10.7 Å². The average Bonchev–Trinajstić information content (AvgIpc) is 2.35. The smallest absolute Gasteiger partial charge is 0.261 e. The van der Waals surface area contributed by atoms with Crippen LogP contribution < -0.4 is 5.32 Å². The van der Waals surface area contributed by atoms with Gasteiger partial charge < -0.3 is 5.32 Å². The number of nitrogens with one attached hydrogen (secondary N) is 1. The first-order valence-electron chi connectivity index (χ1n) is 6.54. The lowest BCUT2D eigenvalue weighted by Gasteiger charge is -2.15. The minimum absolute atomic E-state index is 0.000224. The Morgan fingerprint density at radius 1 is 1.20 bits per heavy atom. The third kappa shape index (κ3) is 5.51. The van der Waals surface area contributed by atoms with Crippen LogP contribution in [0.2, 0.25) is 0 Å². The van der Waals surface area contributed by atoms with Crippen molar-refractivity contribution in [3.8, 4) is 0 Å². The van der Waals surface area contributed by atoms with E-state index in [9.17, 15) is 13.2 Å². The van der Waals surface area contributed by atoms with Crippen LogP contribution in [0.3, 0.4) is 0 Å². The summed E-state index contributed by atoms with van der Waals surface area (Å²) in [5.41, 5.74) is 0.840. The topological polar surface area (TPSA) is 63.2 Å². The van der Waals surface area contributed by atoms with Gasteiger partial charge in [0.2, 0.25) is 5.91 Å². The summed E-state index contributed by atoms with van der Waals surface area (Å²) in [5.74, 6) is 0.490. The number of halogens is 1. The molecule has 0 bridgehead atoms. The van der Waals surface area contributed by atoms with Crippen LogP contribution in [-0.4, -0.2) is 14.3 Å². The maximum absolute atomic E-state index is 11.7. The van der Waals surface area contributed by atoms with Gasteiger partial charge in [-0.05, 0) is 37.0 Å². The summed E-state index contributed by atoms with van der Waals surface area (Å²) >= 11 is 0. The summed E-state index contributed by atoms with van der Waals surface area (Å²) in [6.45, 7) is 6.00. The molecular weight excluding hydrogens is 298 g/mol. The number of carbonyl (C=O) groups is 1. The van der Waals surface area contributed by atoms with Crippen molar-refractivity contribution in [2.75, 3.05) is 0 Å². The van der Waals surface area contributed by atoms with Crippen LogP contribution >= 0.6 is 10.7 Å². The summed E-state index contributed by atoms with van der Waals surface area (Å²) in [5, 5.41) is 2.89. The van der Waals surface area contributed by atoms with E-state index in [1.807, 2.05) is 6.92 Å². The number of rotatable bonds is 6. The van der Waals surface area contributed by atoms with Gasteiger partial charge >= 0.3 is 0 Å². The van der Waals surface area contributed by atoms with Crippen LogP contribution in [0.15, 0.2) is 29.2 Å². The molecule has 1 unspecified atom stereocenters. The Hall–Kier alpha value is -1.07. The second-order valence-corrected chi connectivity index (χ2v) is 7.79. The number of hydrogen-bond acceptors (Lipinski definition) is 3. The van der Waals surface area contributed by atoms with Crippen LogP contribution in [0.4, 0.5) is 0 Å². The Bertz CT molecular complexity index is 552. The van der Waals surface area contributed by atoms with Crippen molar-refractivity contribution in [2.45, 2.75) is 44.6 Å². The van der Waals surface area contributed by atoms with Gasteiger partial charge in [0.05, 0.1) is 10.9 Å². The van der Waals surface area contributed by atoms with Gasteiger partial charge in [0.15, 0.2) is 0 Å². The molecule has 0 fully saturated rings. The van der Waals surface area contributed by atoms with Crippen molar-refractivity contribution in [1.29, 1.82) is 0 Å². The Morgan fingerprint density at radius 2 is 1.75 bits per heavy atom. The van der Waals surface area contributed by atoms with E-state index in [0.717, 1.165) is 12.0 Å². The van der Waals surface area contributed by atoms with Gasteiger partial charge in [0, 0.05) is 17.1 Å². The van der Waals surface area contributed by atoms with E-state index < -0.39 is 9.05 Å². The van der Waals surface area contributed by atoms with Crippen molar-refractivity contribution in [3.05, 3.63) is 29.8 Å². The minimum atomic E-state index is -3.70. The highest BCUT2D eigenvalue weighted by atomic mass is 35.7. The van der Waals surface area contributed by atoms with Crippen molar-refractivity contribution < 1.29 is 13.2 Å². The fourth-order valence-electron chi connectivity index (χ4n) is 1.74. The molecule has 1 aromatic carbocycles. The molecule has 112 valence electrons. The second kappa shape index (κ2) is 7.09. The molecule has 20 heavy (non-hydrogen) atoms. The molecule has 0 aliphatic carbocycles. The molecule has 1 N–H and O–H groups in total. The molecule has 1 aromatic rings. The van der Waals surface area contributed by atoms with E-state index in [1.54, 1.807) is 12.1 Å². The van der Waals surface area contributed by atoms with E-state index in [1.165, 1.54) is 12.1 Å². The van der Waals surface area contributed by atoms with Gasteiger partial charge in [-0.2, -0.15) is 0 Å². The molecule has 0 heterocycles. The zero-order chi connectivity index (χ0) is 15.3. The lowest BCUT2D eigenvalue weighted by Crippen LogP contribution is -2.26. The average molecular weight is 318 g/mol. The summed E-state index contributed by atoms with van der Waals surface area (Å²) in [6.07, 6.45) is 1.35. The molecule has 0 radical (unpaired) electrons. The van der Waals surface area contributed by atoms with Crippen LogP contribution in [-0.2, 0) is 13.8 Å². The zero-order valence-corrected chi connectivity index (χ0v) is 13.5. The Labute approximate surface area is 124 Å². The lowest BCUT2D eigenvalue weighted by atomic mass is 10.1. The number of amides is 1.